The predicted octanol–water partition coefficient (Wildman–Crippen LogP) is 4.02. The molecule has 4 aliphatic carbocycles. The van der Waals surface area contributed by atoms with Crippen LogP contribution in [0.5, 0.6) is 5.75 Å². The highest BCUT2D eigenvalue weighted by atomic mass is 16.5. The summed E-state index contributed by atoms with van der Waals surface area (Å²) in [6.07, 6.45) is 9.34. The number of nitrogens with one attached hydrogen (secondary N) is 1. The summed E-state index contributed by atoms with van der Waals surface area (Å²) in [5.41, 5.74) is 0.773. The smallest absolute Gasteiger partial charge is 0.318 e. The Labute approximate surface area is 179 Å². The zero-order valence-electron chi connectivity index (χ0n) is 17.9. The molecule has 1 aromatic rings. The number of fused-ring (bicyclic) bond motifs is 2. The summed E-state index contributed by atoms with van der Waals surface area (Å²) in [6.45, 7) is 2.09. The zero-order valence-corrected chi connectivity index (χ0v) is 17.9. The molecule has 7 rings (SSSR count). The first kappa shape index (κ1) is 19.0. The Hall–Kier alpha value is -1.75. The summed E-state index contributed by atoms with van der Waals surface area (Å²) in [7, 11) is 0. The van der Waals surface area contributed by atoms with Crippen LogP contribution in [0.25, 0.3) is 0 Å². The van der Waals surface area contributed by atoms with Crippen molar-refractivity contribution in [3.05, 3.63) is 29.8 Å². The fraction of sp³-hybridized carbons (Fsp3) is 0.720. The summed E-state index contributed by atoms with van der Waals surface area (Å²) in [5, 5.41) is 14.3. The standard InChI is InChI=1S/C25H34N2O3/c1-15-3-2-4-21(7-15)30-22-10-19-5-6-20(11-22)27(19)24(28)26-23-17-8-16-9-18(23)14-25(29,12-16)13-17/h2-4,7,16-20,22-23,29H,5-6,8-14H2,1H3,(H,26,28)/t16?,17?,18?,19-,20+,22+,23-,25-. The normalized spacial score (nSPS) is 43.7. The van der Waals surface area contributed by atoms with Gasteiger partial charge < -0.3 is 20.1 Å². The van der Waals surface area contributed by atoms with Crippen molar-refractivity contribution in [1.82, 2.24) is 10.2 Å². The van der Waals surface area contributed by atoms with Gasteiger partial charge in [0.05, 0.1) is 5.60 Å². The van der Waals surface area contributed by atoms with E-state index in [1.165, 1.54) is 18.4 Å². The monoisotopic (exact) mass is 410 g/mol. The molecule has 4 saturated carbocycles. The third-order valence-corrected chi connectivity index (χ3v) is 8.75. The van der Waals surface area contributed by atoms with Gasteiger partial charge in [-0.1, -0.05) is 12.1 Å². The molecule has 30 heavy (non-hydrogen) atoms. The van der Waals surface area contributed by atoms with Crippen molar-refractivity contribution < 1.29 is 14.6 Å². The van der Waals surface area contributed by atoms with Crippen LogP contribution in [-0.4, -0.2) is 45.9 Å². The summed E-state index contributed by atoms with van der Waals surface area (Å²) < 4.78 is 6.30. The SMILES string of the molecule is Cc1cccc(O[C@H]2C[C@H]3CC[C@@H](C2)N3C(=O)N[C@H]2C3CC4CC2C[C@](O)(C4)C3)c1. The van der Waals surface area contributed by atoms with Crippen LogP contribution < -0.4 is 10.1 Å². The second-order valence-electron chi connectivity index (χ2n) is 11.0. The first-order valence-corrected chi connectivity index (χ1v) is 12.0. The van der Waals surface area contributed by atoms with Gasteiger partial charge in [-0.15, -0.1) is 0 Å². The van der Waals surface area contributed by atoms with Crippen LogP contribution in [0.15, 0.2) is 24.3 Å². The molecule has 1 aromatic carbocycles. The van der Waals surface area contributed by atoms with Crippen molar-refractivity contribution in [3.63, 3.8) is 0 Å². The molecular weight excluding hydrogens is 376 g/mol. The van der Waals surface area contributed by atoms with Gasteiger partial charge in [0.1, 0.15) is 11.9 Å². The Balaban J connectivity index is 1.11. The van der Waals surface area contributed by atoms with Crippen molar-refractivity contribution in [2.45, 2.75) is 94.5 Å². The number of aryl methyl sites for hydroxylation is 1. The van der Waals surface area contributed by atoms with Crippen molar-refractivity contribution in [3.8, 4) is 5.75 Å². The average molecular weight is 411 g/mol. The number of amides is 2. The number of carbonyl (C=O) groups excluding carboxylic acids is 1. The molecule has 2 aliphatic heterocycles. The summed E-state index contributed by atoms with van der Waals surface area (Å²) in [6, 6.07) is 9.25. The van der Waals surface area contributed by atoms with Gasteiger partial charge in [0.2, 0.25) is 0 Å². The second kappa shape index (κ2) is 6.88. The lowest BCUT2D eigenvalue weighted by molar-refractivity contribution is -0.137. The molecule has 5 atom stereocenters. The zero-order chi connectivity index (χ0) is 20.5. The lowest BCUT2D eigenvalue weighted by Crippen LogP contribution is -2.64. The Bertz CT molecular complexity index is 811. The largest absolute Gasteiger partial charge is 0.490 e. The molecule has 5 heteroatoms. The summed E-state index contributed by atoms with van der Waals surface area (Å²) in [5.74, 6) is 2.55. The Morgan fingerprint density at radius 3 is 2.43 bits per heavy atom. The van der Waals surface area contributed by atoms with E-state index in [1.807, 2.05) is 12.1 Å². The number of ether oxygens (including phenoxy) is 1. The summed E-state index contributed by atoms with van der Waals surface area (Å²) >= 11 is 0. The predicted molar refractivity (Wildman–Crippen MR) is 114 cm³/mol. The van der Waals surface area contributed by atoms with Crippen LogP contribution in [0.4, 0.5) is 4.79 Å². The molecule has 6 fully saturated rings. The number of hydrogen-bond acceptors (Lipinski definition) is 3. The minimum Gasteiger partial charge on any atom is -0.490 e. The molecule has 2 unspecified atom stereocenters. The molecule has 2 heterocycles. The van der Waals surface area contributed by atoms with Crippen LogP contribution in [0.2, 0.25) is 0 Å². The van der Waals surface area contributed by atoms with Gasteiger partial charge in [-0.05, 0) is 87.3 Å². The Kier molecular flexibility index (Phi) is 4.35. The van der Waals surface area contributed by atoms with Gasteiger partial charge in [-0.3, -0.25) is 0 Å². The molecule has 5 nitrogen and oxygen atoms in total. The number of hydrogen-bond donors (Lipinski definition) is 2. The van der Waals surface area contributed by atoms with Gasteiger partial charge in [-0.25, -0.2) is 4.79 Å². The quantitative estimate of drug-likeness (QED) is 0.791. The van der Waals surface area contributed by atoms with Gasteiger partial charge >= 0.3 is 6.03 Å². The molecule has 2 N–H and O–H groups in total. The van der Waals surface area contributed by atoms with Gasteiger partial charge in [0.15, 0.2) is 0 Å². The highest BCUT2D eigenvalue weighted by Crippen LogP contribution is 2.55. The number of urea groups is 1. The maximum absolute atomic E-state index is 13.4. The van der Waals surface area contributed by atoms with Crippen molar-refractivity contribution >= 4 is 6.03 Å². The number of nitrogens with zero attached hydrogens (tertiary/aromatic N) is 1. The molecule has 6 bridgehead atoms. The fourth-order valence-electron chi connectivity index (χ4n) is 7.87. The minimum absolute atomic E-state index is 0.140. The van der Waals surface area contributed by atoms with E-state index in [0.29, 0.717) is 29.8 Å². The first-order valence-electron chi connectivity index (χ1n) is 12.0. The fourth-order valence-corrected chi connectivity index (χ4v) is 7.87. The van der Waals surface area contributed by atoms with E-state index in [4.69, 9.17) is 4.74 Å². The maximum atomic E-state index is 13.4. The van der Waals surface area contributed by atoms with E-state index in [2.05, 4.69) is 29.3 Å². The van der Waals surface area contributed by atoms with Crippen molar-refractivity contribution in [2.75, 3.05) is 0 Å². The third kappa shape index (κ3) is 3.21. The topological polar surface area (TPSA) is 61.8 Å². The van der Waals surface area contributed by atoms with Gasteiger partial charge in [0, 0.05) is 31.0 Å². The van der Waals surface area contributed by atoms with E-state index < -0.39 is 5.60 Å². The first-order chi connectivity index (χ1) is 14.5. The van der Waals surface area contributed by atoms with Crippen LogP contribution in [0.1, 0.15) is 63.4 Å². The van der Waals surface area contributed by atoms with Crippen LogP contribution in [0.3, 0.4) is 0 Å². The average Bonchev–Trinajstić information content (AvgIpc) is 2.94. The van der Waals surface area contributed by atoms with E-state index >= 15 is 0 Å². The number of carbonyl (C=O) groups is 1. The summed E-state index contributed by atoms with van der Waals surface area (Å²) in [4.78, 5) is 15.5. The molecular formula is C25H34N2O3. The van der Waals surface area contributed by atoms with Crippen molar-refractivity contribution in [2.24, 2.45) is 17.8 Å². The highest BCUT2D eigenvalue weighted by Gasteiger charge is 2.55. The molecule has 0 spiro atoms. The maximum Gasteiger partial charge on any atom is 0.318 e. The second-order valence-corrected chi connectivity index (χ2v) is 11.0. The van der Waals surface area contributed by atoms with Crippen molar-refractivity contribution in [1.29, 1.82) is 0 Å². The molecule has 0 radical (unpaired) electrons. The van der Waals surface area contributed by atoms with Crippen LogP contribution >= 0.6 is 0 Å². The molecule has 0 aromatic heterocycles. The van der Waals surface area contributed by atoms with Crippen LogP contribution in [-0.2, 0) is 0 Å². The number of aliphatic hydroxyl groups is 1. The highest BCUT2D eigenvalue weighted by molar-refractivity contribution is 5.76. The van der Waals surface area contributed by atoms with Gasteiger partial charge in [-0.2, -0.15) is 0 Å². The van der Waals surface area contributed by atoms with Gasteiger partial charge in [0.25, 0.3) is 0 Å². The number of piperidine rings is 1. The molecule has 2 saturated heterocycles. The Morgan fingerprint density at radius 2 is 1.80 bits per heavy atom. The van der Waals surface area contributed by atoms with E-state index in [9.17, 15) is 9.90 Å². The van der Waals surface area contributed by atoms with E-state index in [0.717, 1.165) is 50.7 Å². The third-order valence-electron chi connectivity index (χ3n) is 8.75. The Morgan fingerprint density at radius 1 is 1.10 bits per heavy atom. The molecule has 6 aliphatic rings. The lowest BCUT2D eigenvalue weighted by atomic mass is 9.52. The molecule has 162 valence electrons. The van der Waals surface area contributed by atoms with Crippen LogP contribution in [0, 0.1) is 24.7 Å². The number of rotatable bonds is 3. The minimum atomic E-state index is -0.442. The van der Waals surface area contributed by atoms with E-state index in [-0.39, 0.29) is 18.2 Å². The number of benzene rings is 1. The lowest BCUT2D eigenvalue weighted by Gasteiger charge is -2.58. The van der Waals surface area contributed by atoms with E-state index in [1.54, 1.807) is 0 Å². The molecule has 2 amide bonds.